The number of alkyl halides is 1. The van der Waals surface area contributed by atoms with Crippen LogP contribution in [-0.4, -0.2) is 18.1 Å². The number of halogens is 1. The Morgan fingerprint density at radius 1 is 1.50 bits per heavy atom. The summed E-state index contributed by atoms with van der Waals surface area (Å²) in [6.45, 7) is 1.73. The van der Waals surface area contributed by atoms with Crippen molar-refractivity contribution in [2.24, 2.45) is 0 Å². The van der Waals surface area contributed by atoms with Crippen LogP contribution in [0.2, 0.25) is 0 Å². The van der Waals surface area contributed by atoms with E-state index in [1.807, 2.05) is 18.2 Å². The molecule has 0 aliphatic rings. The Kier molecular flexibility index (Phi) is 4.26. The monoisotopic (exact) mass is 213 g/mol. The van der Waals surface area contributed by atoms with E-state index in [2.05, 4.69) is 5.32 Å². The summed E-state index contributed by atoms with van der Waals surface area (Å²) in [6, 6.07) is 9.11. The van der Waals surface area contributed by atoms with Crippen LogP contribution in [0.25, 0.3) is 0 Å². The zero-order chi connectivity index (χ0) is 10.4. The average Bonchev–Trinajstić information content (AvgIpc) is 2.19. The molecule has 0 fully saturated rings. The van der Waals surface area contributed by atoms with E-state index in [1.165, 1.54) is 0 Å². The van der Waals surface area contributed by atoms with E-state index < -0.39 is 6.09 Å². The molecule has 3 nitrogen and oxygen atoms in total. The van der Waals surface area contributed by atoms with Crippen molar-refractivity contribution < 1.29 is 9.53 Å². The molecule has 0 heterocycles. The van der Waals surface area contributed by atoms with Gasteiger partial charge in [0.05, 0.1) is 5.88 Å². The van der Waals surface area contributed by atoms with Crippen molar-refractivity contribution in [3.05, 3.63) is 30.3 Å². The van der Waals surface area contributed by atoms with Crippen LogP contribution in [0, 0.1) is 0 Å². The van der Waals surface area contributed by atoms with E-state index in [4.69, 9.17) is 16.3 Å². The molecule has 1 aromatic carbocycles. The van der Waals surface area contributed by atoms with Crippen LogP contribution < -0.4 is 5.32 Å². The number of para-hydroxylation sites is 1. The van der Waals surface area contributed by atoms with Gasteiger partial charge in [0.1, 0.15) is 6.10 Å². The van der Waals surface area contributed by atoms with Gasteiger partial charge in [-0.25, -0.2) is 4.79 Å². The van der Waals surface area contributed by atoms with Gasteiger partial charge in [0, 0.05) is 5.69 Å². The molecule has 1 N–H and O–H groups in total. The quantitative estimate of drug-likeness (QED) is 0.785. The molecule has 0 saturated heterocycles. The summed E-state index contributed by atoms with van der Waals surface area (Å²) in [6.07, 6.45) is -0.760. The molecule has 0 saturated carbocycles. The van der Waals surface area contributed by atoms with Crippen LogP contribution in [0.5, 0.6) is 0 Å². The summed E-state index contributed by atoms with van der Waals surface area (Å²) < 4.78 is 4.92. The summed E-state index contributed by atoms with van der Waals surface area (Å²) in [4.78, 5) is 11.2. The Labute approximate surface area is 88.0 Å². The zero-order valence-corrected chi connectivity index (χ0v) is 8.62. The maximum absolute atomic E-state index is 11.2. The number of ether oxygens (including phenoxy) is 1. The van der Waals surface area contributed by atoms with E-state index in [0.29, 0.717) is 11.6 Å². The van der Waals surface area contributed by atoms with Crippen molar-refractivity contribution in [3.63, 3.8) is 0 Å². The molecular weight excluding hydrogens is 202 g/mol. The van der Waals surface area contributed by atoms with E-state index in [0.717, 1.165) is 0 Å². The van der Waals surface area contributed by atoms with Crippen molar-refractivity contribution in [1.29, 1.82) is 0 Å². The Balaban J connectivity index is 2.42. The van der Waals surface area contributed by atoms with Crippen LogP contribution in [0.4, 0.5) is 10.5 Å². The first-order valence-corrected chi connectivity index (χ1v) is 4.84. The lowest BCUT2D eigenvalue weighted by atomic mass is 10.3. The molecule has 1 rings (SSSR count). The zero-order valence-electron chi connectivity index (χ0n) is 7.87. The molecule has 0 radical (unpaired) electrons. The van der Waals surface area contributed by atoms with Gasteiger partial charge in [-0.05, 0) is 19.1 Å². The topological polar surface area (TPSA) is 38.3 Å². The Morgan fingerprint density at radius 3 is 2.71 bits per heavy atom. The molecule has 1 atom stereocenters. The smallest absolute Gasteiger partial charge is 0.411 e. The molecule has 0 bridgehead atoms. The number of amides is 1. The Morgan fingerprint density at radius 2 is 2.14 bits per heavy atom. The molecule has 0 spiro atoms. The second-order valence-electron chi connectivity index (χ2n) is 2.86. The highest BCUT2D eigenvalue weighted by Gasteiger charge is 2.07. The Hall–Kier alpha value is -1.22. The van der Waals surface area contributed by atoms with Crippen molar-refractivity contribution in [3.8, 4) is 0 Å². The molecule has 0 aliphatic carbocycles. The third-order valence-corrected chi connectivity index (χ3v) is 1.98. The lowest BCUT2D eigenvalue weighted by molar-refractivity contribution is 0.131. The molecule has 0 aromatic heterocycles. The first-order chi connectivity index (χ1) is 6.72. The van der Waals surface area contributed by atoms with Crippen LogP contribution in [-0.2, 0) is 4.74 Å². The fourth-order valence-corrected chi connectivity index (χ4v) is 0.946. The fraction of sp³-hybridized carbons (Fsp3) is 0.300. The minimum atomic E-state index is -0.482. The van der Waals surface area contributed by atoms with Gasteiger partial charge < -0.3 is 4.74 Å². The molecule has 0 aliphatic heterocycles. The second kappa shape index (κ2) is 5.50. The van der Waals surface area contributed by atoms with Crippen LogP contribution in [0.15, 0.2) is 30.3 Å². The third kappa shape index (κ3) is 3.66. The van der Waals surface area contributed by atoms with Gasteiger partial charge in [-0.3, -0.25) is 5.32 Å². The number of carbonyl (C=O) groups is 1. The third-order valence-electron chi connectivity index (χ3n) is 1.55. The first kappa shape index (κ1) is 10.9. The predicted octanol–water partition coefficient (Wildman–Crippen LogP) is 2.86. The summed E-state index contributed by atoms with van der Waals surface area (Å²) in [5, 5.41) is 2.59. The number of carbonyl (C=O) groups excluding carboxylic acids is 1. The number of anilines is 1. The van der Waals surface area contributed by atoms with Crippen LogP contribution in [0.1, 0.15) is 6.92 Å². The molecule has 76 valence electrons. The van der Waals surface area contributed by atoms with E-state index in [1.54, 1.807) is 19.1 Å². The van der Waals surface area contributed by atoms with Gasteiger partial charge in [0.15, 0.2) is 0 Å². The molecule has 14 heavy (non-hydrogen) atoms. The van der Waals surface area contributed by atoms with Gasteiger partial charge in [-0.15, -0.1) is 11.6 Å². The highest BCUT2D eigenvalue weighted by Crippen LogP contribution is 2.06. The minimum Gasteiger partial charge on any atom is -0.445 e. The van der Waals surface area contributed by atoms with Gasteiger partial charge in [0.25, 0.3) is 0 Å². The van der Waals surface area contributed by atoms with Gasteiger partial charge >= 0.3 is 6.09 Å². The lowest BCUT2D eigenvalue weighted by Crippen LogP contribution is -2.21. The molecule has 1 unspecified atom stereocenters. The summed E-state index contributed by atoms with van der Waals surface area (Å²) >= 11 is 5.49. The lowest BCUT2D eigenvalue weighted by Gasteiger charge is -2.10. The summed E-state index contributed by atoms with van der Waals surface area (Å²) in [5.74, 6) is 0.294. The number of hydrogen-bond acceptors (Lipinski definition) is 2. The second-order valence-corrected chi connectivity index (χ2v) is 3.17. The normalized spacial score (nSPS) is 11.9. The minimum absolute atomic E-state index is 0.277. The maximum atomic E-state index is 11.2. The number of hydrogen-bond donors (Lipinski definition) is 1. The van der Waals surface area contributed by atoms with Crippen molar-refractivity contribution in [2.45, 2.75) is 13.0 Å². The largest absolute Gasteiger partial charge is 0.445 e. The highest BCUT2D eigenvalue weighted by molar-refractivity contribution is 6.18. The molecule has 1 aromatic rings. The van der Waals surface area contributed by atoms with Crippen molar-refractivity contribution >= 4 is 23.4 Å². The van der Waals surface area contributed by atoms with Crippen LogP contribution >= 0.6 is 11.6 Å². The van der Waals surface area contributed by atoms with Gasteiger partial charge in [0.2, 0.25) is 0 Å². The molecule has 4 heteroatoms. The fourth-order valence-electron chi connectivity index (χ4n) is 0.883. The molecule has 1 amide bonds. The van der Waals surface area contributed by atoms with Crippen molar-refractivity contribution in [2.75, 3.05) is 11.2 Å². The van der Waals surface area contributed by atoms with Gasteiger partial charge in [-0.1, -0.05) is 18.2 Å². The van der Waals surface area contributed by atoms with Crippen molar-refractivity contribution in [1.82, 2.24) is 0 Å². The summed E-state index contributed by atoms with van der Waals surface area (Å²) in [5.41, 5.74) is 0.708. The maximum Gasteiger partial charge on any atom is 0.411 e. The SMILES string of the molecule is CC(CCl)OC(=O)Nc1ccccc1. The first-order valence-electron chi connectivity index (χ1n) is 4.31. The van der Waals surface area contributed by atoms with E-state index in [9.17, 15) is 4.79 Å². The Bertz CT molecular complexity index is 289. The van der Waals surface area contributed by atoms with E-state index in [-0.39, 0.29) is 6.10 Å². The number of nitrogens with one attached hydrogen (secondary N) is 1. The van der Waals surface area contributed by atoms with Gasteiger partial charge in [-0.2, -0.15) is 0 Å². The van der Waals surface area contributed by atoms with Crippen LogP contribution in [0.3, 0.4) is 0 Å². The summed E-state index contributed by atoms with van der Waals surface area (Å²) in [7, 11) is 0. The highest BCUT2D eigenvalue weighted by atomic mass is 35.5. The number of rotatable bonds is 3. The van der Waals surface area contributed by atoms with E-state index >= 15 is 0 Å². The standard InChI is InChI=1S/C10H12ClNO2/c1-8(7-11)14-10(13)12-9-5-3-2-4-6-9/h2-6,8H,7H2,1H3,(H,12,13). The molecular formula is C10H12ClNO2. The predicted molar refractivity (Wildman–Crippen MR) is 56.7 cm³/mol. The average molecular weight is 214 g/mol. The number of benzene rings is 1.